The molecular weight excluding hydrogens is 233 g/mol. The van der Waals surface area contributed by atoms with Crippen LogP contribution >= 0.6 is 0 Å². The average Bonchev–Trinajstić information content (AvgIpc) is 2.38. The molecule has 92 valence electrons. The molecule has 2 rings (SSSR count). The number of benzene rings is 2. The van der Waals surface area contributed by atoms with Gasteiger partial charge in [0.05, 0.1) is 5.69 Å². The summed E-state index contributed by atoms with van der Waals surface area (Å²) in [6.45, 7) is -0.287. The fourth-order valence-corrected chi connectivity index (χ4v) is 1.73. The minimum Gasteiger partial charge on any atom is -0.480 e. The van der Waals surface area contributed by atoms with Crippen LogP contribution in [0.3, 0.4) is 0 Å². The van der Waals surface area contributed by atoms with E-state index in [-0.39, 0.29) is 12.2 Å². The molecule has 0 aliphatic heterocycles. The zero-order chi connectivity index (χ0) is 13.0. The van der Waals surface area contributed by atoms with Crippen LogP contribution in [0.5, 0.6) is 0 Å². The molecule has 0 aliphatic rings. The highest BCUT2D eigenvalue weighted by molar-refractivity contribution is 5.78. The van der Waals surface area contributed by atoms with Crippen molar-refractivity contribution in [2.24, 2.45) is 0 Å². The van der Waals surface area contributed by atoms with Crippen molar-refractivity contribution in [2.45, 2.75) is 0 Å². The first-order chi connectivity index (χ1) is 8.68. The third-order valence-corrected chi connectivity index (χ3v) is 2.50. The molecule has 0 amide bonds. The Morgan fingerprint density at radius 2 is 1.67 bits per heavy atom. The van der Waals surface area contributed by atoms with Gasteiger partial charge < -0.3 is 10.0 Å². The van der Waals surface area contributed by atoms with Crippen LogP contribution in [0.1, 0.15) is 0 Å². The maximum atomic E-state index is 13.7. The lowest BCUT2D eigenvalue weighted by atomic mass is 10.2. The van der Waals surface area contributed by atoms with E-state index in [0.717, 1.165) is 0 Å². The lowest BCUT2D eigenvalue weighted by Gasteiger charge is -2.23. The van der Waals surface area contributed by atoms with Crippen molar-refractivity contribution in [1.82, 2.24) is 0 Å². The molecule has 0 saturated carbocycles. The van der Waals surface area contributed by atoms with Crippen LogP contribution in [0, 0.1) is 5.82 Å². The van der Waals surface area contributed by atoms with Gasteiger partial charge in [-0.2, -0.15) is 0 Å². The molecule has 0 aromatic heterocycles. The first kappa shape index (κ1) is 12.1. The molecule has 2 aromatic rings. The maximum Gasteiger partial charge on any atom is 0.323 e. The Labute approximate surface area is 104 Å². The summed E-state index contributed by atoms with van der Waals surface area (Å²) in [4.78, 5) is 12.3. The number of carboxylic acid groups (broad SMARTS) is 1. The van der Waals surface area contributed by atoms with E-state index < -0.39 is 11.8 Å². The molecule has 0 spiro atoms. The minimum absolute atomic E-state index is 0.256. The van der Waals surface area contributed by atoms with Gasteiger partial charge in [-0.25, -0.2) is 4.39 Å². The molecule has 0 radical (unpaired) electrons. The number of hydrogen-bond donors (Lipinski definition) is 1. The molecule has 0 heterocycles. The molecular formula is C14H12FNO2. The Hall–Kier alpha value is -2.36. The Kier molecular flexibility index (Phi) is 3.57. The standard InChI is InChI=1S/C14H12FNO2/c15-12-8-4-5-9-13(12)16(10-14(17)18)11-6-2-1-3-7-11/h1-9H,10H2,(H,17,18). The number of carboxylic acids is 1. The van der Waals surface area contributed by atoms with Crippen LogP contribution in [0.25, 0.3) is 0 Å². The first-order valence-electron chi connectivity index (χ1n) is 5.47. The van der Waals surface area contributed by atoms with Gasteiger partial charge in [0.25, 0.3) is 0 Å². The number of nitrogens with zero attached hydrogens (tertiary/aromatic N) is 1. The van der Waals surface area contributed by atoms with E-state index >= 15 is 0 Å². The van der Waals surface area contributed by atoms with Gasteiger partial charge >= 0.3 is 5.97 Å². The highest BCUT2D eigenvalue weighted by Crippen LogP contribution is 2.26. The second kappa shape index (κ2) is 5.31. The van der Waals surface area contributed by atoms with E-state index in [0.29, 0.717) is 5.69 Å². The summed E-state index contributed by atoms with van der Waals surface area (Å²) in [5, 5.41) is 8.93. The summed E-state index contributed by atoms with van der Waals surface area (Å²) in [5.41, 5.74) is 0.899. The molecule has 18 heavy (non-hydrogen) atoms. The van der Waals surface area contributed by atoms with E-state index in [4.69, 9.17) is 5.11 Å². The molecule has 0 unspecified atom stereocenters. The largest absolute Gasteiger partial charge is 0.480 e. The summed E-state index contributed by atoms with van der Waals surface area (Å²) in [6.07, 6.45) is 0. The molecule has 1 N–H and O–H groups in total. The van der Waals surface area contributed by atoms with E-state index in [2.05, 4.69) is 0 Å². The van der Waals surface area contributed by atoms with Crippen molar-refractivity contribution in [3.63, 3.8) is 0 Å². The first-order valence-corrected chi connectivity index (χ1v) is 5.47. The van der Waals surface area contributed by atoms with Crippen LogP contribution < -0.4 is 4.90 Å². The second-order valence-electron chi connectivity index (χ2n) is 3.77. The van der Waals surface area contributed by atoms with Crippen LogP contribution in [0.4, 0.5) is 15.8 Å². The number of hydrogen-bond acceptors (Lipinski definition) is 2. The molecule has 2 aromatic carbocycles. The van der Waals surface area contributed by atoms with Gasteiger partial charge in [0, 0.05) is 5.69 Å². The molecule has 0 atom stereocenters. The topological polar surface area (TPSA) is 40.5 Å². The predicted molar refractivity (Wildman–Crippen MR) is 67.5 cm³/mol. The van der Waals surface area contributed by atoms with Crippen LogP contribution in [0.15, 0.2) is 54.6 Å². The smallest absolute Gasteiger partial charge is 0.323 e. The summed E-state index contributed by atoms with van der Waals surface area (Å²) in [5.74, 6) is -1.45. The van der Waals surface area contributed by atoms with E-state index in [1.165, 1.54) is 11.0 Å². The van der Waals surface area contributed by atoms with Gasteiger partial charge in [0.1, 0.15) is 12.4 Å². The van der Waals surface area contributed by atoms with Crippen molar-refractivity contribution in [1.29, 1.82) is 0 Å². The SMILES string of the molecule is O=C(O)CN(c1ccccc1)c1ccccc1F. The predicted octanol–water partition coefficient (Wildman–Crippen LogP) is 3.05. The van der Waals surface area contributed by atoms with Gasteiger partial charge in [-0.15, -0.1) is 0 Å². The highest BCUT2D eigenvalue weighted by Gasteiger charge is 2.15. The lowest BCUT2D eigenvalue weighted by Crippen LogP contribution is -2.25. The second-order valence-corrected chi connectivity index (χ2v) is 3.77. The van der Waals surface area contributed by atoms with Crippen LogP contribution in [-0.4, -0.2) is 17.6 Å². The maximum absolute atomic E-state index is 13.7. The Bertz CT molecular complexity index is 543. The van der Waals surface area contributed by atoms with Crippen molar-refractivity contribution in [3.05, 3.63) is 60.4 Å². The highest BCUT2D eigenvalue weighted by atomic mass is 19.1. The van der Waals surface area contributed by atoms with Crippen molar-refractivity contribution < 1.29 is 14.3 Å². The summed E-state index contributed by atoms with van der Waals surface area (Å²) in [6, 6.07) is 15.0. The van der Waals surface area contributed by atoms with Gasteiger partial charge in [0.2, 0.25) is 0 Å². The molecule has 0 saturated heterocycles. The number of halogens is 1. The lowest BCUT2D eigenvalue weighted by molar-refractivity contribution is -0.135. The van der Waals surface area contributed by atoms with Crippen molar-refractivity contribution in [2.75, 3.05) is 11.4 Å². The minimum atomic E-state index is -1.01. The molecule has 0 fully saturated rings. The Morgan fingerprint density at radius 1 is 1.06 bits per heavy atom. The number of aliphatic carboxylic acids is 1. The van der Waals surface area contributed by atoms with Crippen molar-refractivity contribution in [3.8, 4) is 0 Å². The zero-order valence-electron chi connectivity index (χ0n) is 9.58. The zero-order valence-corrected chi connectivity index (χ0v) is 9.58. The number of anilines is 2. The van der Waals surface area contributed by atoms with Gasteiger partial charge in [-0.3, -0.25) is 4.79 Å². The summed E-state index contributed by atoms with van der Waals surface area (Å²) >= 11 is 0. The number of para-hydroxylation sites is 2. The fraction of sp³-hybridized carbons (Fsp3) is 0.0714. The van der Waals surface area contributed by atoms with E-state index in [9.17, 15) is 9.18 Å². The van der Waals surface area contributed by atoms with E-state index in [1.807, 2.05) is 6.07 Å². The van der Waals surface area contributed by atoms with Gasteiger partial charge in [-0.05, 0) is 24.3 Å². The molecule has 0 bridgehead atoms. The van der Waals surface area contributed by atoms with Crippen molar-refractivity contribution >= 4 is 17.3 Å². The van der Waals surface area contributed by atoms with Gasteiger partial charge in [-0.1, -0.05) is 30.3 Å². The van der Waals surface area contributed by atoms with E-state index in [1.54, 1.807) is 42.5 Å². The normalized spacial score (nSPS) is 10.1. The third kappa shape index (κ3) is 2.66. The summed E-state index contributed by atoms with van der Waals surface area (Å²) in [7, 11) is 0. The van der Waals surface area contributed by atoms with Gasteiger partial charge in [0.15, 0.2) is 0 Å². The Balaban J connectivity index is 2.44. The fourth-order valence-electron chi connectivity index (χ4n) is 1.73. The molecule has 3 nitrogen and oxygen atoms in total. The number of rotatable bonds is 4. The summed E-state index contributed by atoms with van der Waals surface area (Å²) < 4.78 is 13.7. The number of carbonyl (C=O) groups is 1. The average molecular weight is 245 g/mol. The molecule has 4 heteroatoms. The quantitative estimate of drug-likeness (QED) is 0.900. The Morgan fingerprint density at radius 3 is 2.28 bits per heavy atom. The van der Waals surface area contributed by atoms with Crippen LogP contribution in [0.2, 0.25) is 0 Å². The molecule has 0 aliphatic carbocycles. The third-order valence-electron chi connectivity index (χ3n) is 2.50. The van der Waals surface area contributed by atoms with Crippen LogP contribution in [-0.2, 0) is 4.79 Å². The monoisotopic (exact) mass is 245 g/mol.